The molecule has 2 aromatic rings. The summed E-state index contributed by atoms with van der Waals surface area (Å²) in [6.45, 7) is 3.93. The van der Waals surface area contributed by atoms with Crippen LogP contribution >= 0.6 is 0 Å². The second kappa shape index (κ2) is 3.93. The van der Waals surface area contributed by atoms with Crippen LogP contribution in [-0.2, 0) is 0 Å². The van der Waals surface area contributed by atoms with Crippen molar-refractivity contribution >= 4 is 17.4 Å². The van der Waals surface area contributed by atoms with Gasteiger partial charge in [0.15, 0.2) is 5.78 Å². The Kier molecular flexibility index (Phi) is 2.44. The molecule has 20 heavy (non-hydrogen) atoms. The van der Waals surface area contributed by atoms with E-state index in [4.69, 9.17) is 11.5 Å². The lowest BCUT2D eigenvalue weighted by molar-refractivity contribution is 0.0983. The van der Waals surface area contributed by atoms with Gasteiger partial charge in [-0.2, -0.15) is 5.10 Å². The van der Waals surface area contributed by atoms with E-state index in [0.717, 1.165) is 5.69 Å². The number of anilines is 1. The van der Waals surface area contributed by atoms with E-state index in [-0.39, 0.29) is 28.5 Å². The third kappa shape index (κ3) is 1.41. The number of nitrogen functional groups attached to an aromatic ring is 1. The van der Waals surface area contributed by atoms with Gasteiger partial charge in [-0.15, -0.1) is 0 Å². The van der Waals surface area contributed by atoms with Gasteiger partial charge in [0.25, 0.3) is 5.91 Å². The quantitative estimate of drug-likeness (QED) is 0.611. The van der Waals surface area contributed by atoms with Gasteiger partial charge in [-0.25, -0.2) is 0 Å². The van der Waals surface area contributed by atoms with Crippen molar-refractivity contribution in [2.45, 2.75) is 19.8 Å². The molecule has 1 aromatic heterocycles. The van der Waals surface area contributed by atoms with E-state index in [1.807, 2.05) is 13.8 Å². The van der Waals surface area contributed by atoms with Gasteiger partial charge in [-0.1, -0.05) is 13.8 Å². The molecule has 0 spiro atoms. The number of carbonyl (C=O) groups excluding carboxylic acids is 2. The number of nitrogens with one attached hydrogen (secondary N) is 1. The minimum Gasteiger partial charge on any atom is -0.398 e. The van der Waals surface area contributed by atoms with Crippen molar-refractivity contribution in [1.29, 1.82) is 0 Å². The van der Waals surface area contributed by atoms with Crippen molar-refractivity contribution < 1.29 is 9.59 Å². The molecule has 1 heterocycles. The number of amides is 1. The zero-order chi connectivity index (χ0) is 14.6. The molecule has 1 aliphatic rings. The molecule has 0 aliphatic heterocycles. The average molecular weight is 270 g/mol. The first kappa shape index (κ1) is 12.4. The van der Waals surface area contributed by atoms with Gasteiger partial charge in [0.1, 0.15) is 5.69 Å². The van der Waals surface area contributed by atoms with Gasteiger partial charge >= 0.3 is 0 Å². The van der Waals surface area contributed by atoms with Gasteiger partial charge in [0, 0.05) is 22.5 Å². The molecule has 0 atom stereocenters. The average Bonchev–Trinajstić information content (AvgIpc) is 2.90. The number of ketones is 1. The highest BCUT2D eigenvalue weighted by atomic mass is 16.1. The molecule has 0 radical (unpaired) electrons. The van der Waals surface area contributed by atoms with Crippen LogP contribution in [-0.4, -0.2) is 21.9 Å². The number of H-pyrrole nitrogens is 1. The molecule has 0 bridgehead atoms. The molecule has 6 nitrogen and oxygen atoms in total. The summed E-state index contributed by atoms with van der Waals surface area (Å²) in [5, 5.41) is 7.09. The summed E-state index contributed by atoms with van der Waals surface area (Å²) in [6, 6.07) is 3.27. The van der Waals surface area contributed by atoms with Crippen LogP contribution in [0.3, 0.4) is 0 Å². The smallest absolute Gasteiger partial charge is 0.251 e. The van der Waals surface area contributed by atoms with E-state index in [1.165, 1.54) is 0 Å². The van der Waals surface area contributed by atoms with Gasteiger partial charge in [-0.05, 0) is 18.1 Å². The zero-order valence-corrected chi connectivity index (χ0v) is 11.2. The molecular weight excluding hydrogens is 256 g/mol. The first-order valence-corrected chi connectivity index (χ1v) is 6.29. The van der Waals surface area contributed by atoms with Gasteiger partial charge in [0.2, 0.25) is 0 Å². The maximum absolute atomic E-state index is 12.6. The third-order valence-corrected chi connectivity index (χ3v) is 3.56. The van der Waals surface area contributed by atoms with Crippen molar-refractivity contribution in [3.8, 4) is 11.3 Å². The van der Waals surface area contributed by atoms with Gasteiger partial charge < -0.3 is 11.5 Å². The molecule has 0 fully saturated rings. The molecule has 0 saturated heterocycles. The third-order valence-electron chi connectivity index (χ3n) is 3.56. The Morgan fingerprint density at radius 3 is 2.60 bits per heavy atom. The number of hydrogen-bond acceptors (Lipinski definition) is 4. The highest BCUT2D eigenvalue weighted by Gasteiger charge is 2.36. The van der Waals surface area contributed by atoms with E-state index < -0.39 is 5.91 Å². The summed E-state index contributed by atoms with van der Waals surface area (Å²) in [5.41, 5.74) is 14.1. The predicted molar refractivity (Wildman–Crippen MR) is 74.5 cm³/mol. The minimum atomic E-state index is -0.701. The summed E-state index contributed by atoms with van der Waals surface area (Å²) in [5.74, 6) is -0.819. The number of aromatic nitrogens is 2. The maximum Gasteiger partial charge on any atom is 0.251 e. The molecule has 1 amide bonds. The number of primary amides is 1. The Bertz CT molecular complexity index is 759. The van der Waals surface area contributed by atoms with Crippen molar-refractivity contribution in [3.63, 3.8) is 0 Å². The summed E-state index contributed by atoms with van der Waals surface area (Å²) >= 11 is 0. The number of carbonyl (C=O) groups is 2. The van der Waals surface area contributed by atoms with Crippen LogP contribution in [0.5, 0.6) is 0 Å². The van der Waals surface area contributed by atoms with Crippen LogP contribution in [0.2, 0.25) is 0 Å². The van der Waals surface area contributed by atoms with Crippen LogP contribution in [0.4, 0.5) is 5.69 Å². The number of nitrogens with zero attached hydrogens (tertiary/aromatic N) is 1. The molecule has 1 aliphatic carbocycles. The van der Waals surface area contributed by atoms with Crippen LogP contribution in [0.1, 0.15) is 51.7 Å². The Morgan fingerprint density at radius 2 is 2.00 bits per heavy atom. The van der Waals surface area contributed by atoms with Crippen LogP contribution in [0, 0.1) is 0 Å². The monoisotopic (exact) mass is 270 g/mol. The number of nitrogens with two attached hydrogens (primary N) is 2. The highest BCUT2D eigenvalue weighted by Crippen LogP contribution is 2.41. The van der Waals surface area contributed by atoms with Crippen molar-refractivity contribution in [3.05, 3.63) is 34.5 Å². The highest BCUT2D eigenvalue weighted by molar-refractivity contribution is 6.26. The topological polar surface area (TPSA) is 115 Å². The molecule has 1 aromatic carbocycles. The van der Waals surface area contributed by atoms with Crippen LogP contribution in [0.25, 0.3) is 11.3 Å². The second-order valence-corrected chi connectivity index (χ2v) is 5.16. The Balaban J connectivity index is 2.34. The number of fused-ring (bicyclic) bond motifs is 3. The van der Waals surface area contributed by atoms with E-state index >= 15 is 0 Å². The summed E-state index contributed by atoms with van der Waals surface area (Å²) < 4.78 is 0. The Morgan fingerprint density at radius 1 is 1.30 bits per heavy atom. The minimum absolute atomic E-state index is 0.0835. The molecule has 3 rings (SSSR count). The van der Waals surface area contributed by atoms with Crippen molar-refractivity contribution in [2.24, 2.45) is 5.73 Å². The molecule has 6 heteroatoms. The number of aromatic amines is 1. The van der Waals surface area contributed by atoms with E-state index in [2.05, 4.69) is 10.2 Å². The van der Waals surface area contributed by atoms with Gasteiger partial charge in [-0.3, -0.25) is 14.7 Å². The van der Waals surface area contributed by atoms with Crippen molar-refractivity contribution in [2.75, 3.05) is 5.73 Å². The summed E-state index contributed by atoms with van der Waals surface area (Å²) in [6.07, 6.45) is 0. The molecule has 0 saturated carbocycles. The maximum atomic E-state index is 12.6. The Hall–Kier alpha value is -2.63. The fourth-order valence-corrected chi connectivity index (χ4v) is 2.64. The van der Waals surface area contributed by atoms with Crippen LogP contribution < -0.4 is 11.5 Å². The van der Waals surface area contributed by atoms with Crippen LogP contribution in [0.15, 0.2) is 12.1 Å². The summed E-state index contributed by atoms with van der Waals surface area (Å²) in [4.78, 5) is 24.2. The zero-order valence-electron chi connectivity index (χ0n) is 11.2. The first-order chi connectivity index (χ1) is 9.43. The molecular formula is C14H14N4O2. The normalized spacial score (nSPS) is 12.7. The fourth-order valence-electron chi connectivity index (χ4n) is 2.64. The largest absolute Gasteiger partial charge is 0.398 e. The molecule has 5 N–H and O–H groups in total. The Labute approximate surface area is 115 Å². The van der Waals surface area contributed by atoms with E-state index in [1.54, 1.807) is 12.1 Å². The second-order valence-electron chi connectivity index (χ2n) is 5.16. The van der Waals surface area contributed by atoms with E-state index in [0.29, 0.717) is 16.8 Å². The summed E-state index contributed by atoms with van der Waals surface area (Å²) in [7, 11) is 0. The predicted octanol–water partition coefficient (Wildman–Crippen LogP) is 1.43. The van der Waals surface area contributed by atoms with Gasteiger partial charge in [0.05, 0.1) is 11.1 Å². The first-order valence-electron chi connectivity index (χ1n) is 6.29. The van der Waals surface area contributed by atoms with E-state index in [9.17, 15) is 9.59 Å². The fraction of sp³-hybridized carbons (Fsp3) is 0.214. The number of benzene rings is 1. The molecule has 0 unspecified atom stereocenters. The standard InChI is InChI=1S/C14H14N4O2/c1-5(2)11-10-12(18-17-11)6-3-4-7(15)9(14(16)20)8(6)13(10)19/h3-5H,15H2,1-2H3,(H2,16,20)(H,17,18). The number of rotatable bonds is 2. The lowest BCUT2D eigenvalue weighted by atomic mass is 9.98. The number of hydrogen-bond donors (Lipinski definition) is 3. The SMILES string of the molecule is CC(C)c1[nH]nc2c1C(=O)c1c-2ccc(N)c1C(N)=O. The lowest BCUT2D eigenvalue weighted by Gasteiger charge is -2.08. The van der Waals surface area contributed by atoms with Crippen molar-refractivity contribution in [1.82, 2.24) is 10.2 Å². The molecule has 102 valence electrons. The lowest BCUT2D eigenvalue weighted by Crippen LogP contribution is -2.18.